The average Bonchev–Trinajstić information content (AvgIpc) is 2.02. The van der Waals surface area contributed by atoms with Gasteiger partial charge in [0.15, 0.2) is 0 Å². The third-order valence-electron chi connectivity index (χ3n) is 3.27. The molecule has 0 radical (unpaired) electrons. The number of carbonyl (C=O) groups is 2. The molecule has 0 bridgehead atoms. The van der Waals surface area contributed by atoms with E-state index >= 15 is 0 Å². The zero-order chi connectivity index (χ0) is 9.47. The summed E-state index contributed by atoms with van der Waals surface area (Å²) in [6, 6.07) is 0. The lowest BCUT2D eigenvalue weighted by Gasteiger charge is -2.46. The molecule has 1 saturated heterocycles. The summed E-state index contributed by atoms with van der Waals surface area (Å²) in [7, 11) is 0. The number of Topliss-reactive ketones (excluding diaryl/α,β-unsaturated/α-hetero) is 1. The summed E-state index contributed by atoms with van der Waals surface area (Å²) in [4.78, 5) is 23.6. The molecule has 1 N–H and O–H groups in total. The summed E-state index contributed by atoms with van der Waals surface area (Å²) in [6.07, 6.45) is 2.36. The fourth-order valence-corrected chi connectivity index (χ4v) is 2.24. The maximum Gasteiger partial charge on any atom is 0.407 e. The van der Waals surface area contributed by atoms with Crippen LogP contribution in [0.1, 0.15) is 25.7 Å². The van der Waals surface area contributed by atoms with E-state index in [0.29, 0.717) is 19.5 Å². The van der Waals surface area contributed by atoms with Crippen LogP contribution in [0.2, 0.25) is 0 Å². The van der Waals surface area contributed by atoms with E-state index in [2.05, 4.69) is 0 Å². The largest absolute Gasteiger partial charge is 0.465 e. The van der Waals surface area contributed by atoms with E-state index in [9.17, 15) is 9.59 Å². The van der Waals surface area contributed by atoms with Crippen molar-refractivity contribution in [2.45, 2.75) is 25.7 Å². The average molecular weight is 183 g/mol. The van der Waals surface area contributed by atoms with Crippen molar-refractivity contribution in [1.82, 2.24) is 4.90 Å². The number of carboxylic acid groups (broad SMARTS) is 1. The molecule has 2 rings (SSSR count). The first kappa shape index (κ1) is 8.53. The van der Waals surface area contributed by atoms with Gasteiger partial charge in [0.25, 0.3) is 0 Å². The number of hydrogen-bond donors (Lipinski definition) is 1. The smallest absolute Gasteiger partial charge is 0.407 e. The molecule has 2 aliphatic rings. The van der Waals surface area contributed by atoms with Gasteiger partial charge in [-0.2, -0.15) is 0 Å². The minimum absolute atomic E-state index is 0.274. The van der Waals surface area contributed by atoms with Crippen LogP contribution < -0.4 is 0 Å². The fourth-order valence-electron chi connectivity index (χ4n) is 2.24. The molecule has 72 valence electrons. The number of likely N-dealkylation sites (tertiary alicyclic amines) is 1. The van der Waals surface area contributed by atoms with Gasteiger partial charge in [-0.3, -0.25) is 4.79 Å². The van der Waals surface area contributed by atoms with Gasteiger partial charge in [0.05, 0.1) is 0 Å². The number of rotatable bonds is 0. The van der Waals surface area contributed by atoms with Gasteiger partial charge in [-0.15, -0.1) is 0 Å². The summed E-state index contributed by atoms with van der Waals surface area (Å²) in [5, 5.41) is 8.79. The van der Waals surface area contributed by atoms with Crippen molar-refractivity contribution in [2.24, 2.45) is 5.41 Å². The van der Waals surface area contributed by atoms with Gasteiger partial charge < -0.3 is 10.0 Å². The van der Waals surface area contributed by atoms with E-state index in [1.165, 1.54) is 4.90 Å². The predicted octanol–water partition coefficient (Wildman–Crippen LogP) is 1.11. The summed E-state index contributed by atoms with van der Waals surface area (Å²) in [6.45, 7) is 0.817. The van der Waals surface area contributed by atoms with E-state index in [-0.39, 0.29) is 11.2 Å². The summed E-state index contributed by atoms with van der Waals surface area (Å²) < 4.78 is 0. The van der Waals surface area contributed by atoms with Crippen LogP contribution in [-0.4, -0.2) is 35.0 Å². The monoisotopic (exact) mass is 183 g/mol. The minimum atomic E-state index is -0.890. The lowest BCUT2D eigenvalue weighted by Crippen LogP contribution is -2.54. The van der Waals surface area contributed by atoms with Gasteiger partial charge in [0, 0.05) is 24.9 Å². The molecule has 1 saturated carbocycles. The van der Waals surface area contributed by atoms with Crippen LogP contribution in [0.3, 0.4) is 0 Å². The van der Waals surface area contributed by atoms with Crippen molar-refractivity contribution in [3.8, 4) is 0 Å². The second-order valence-corrected chi connectivity index (χ2v) is 4.01. The Labute approximate surface area is 76.5 Å². The molecule has 4 nitrogen and oxygen atoms in total. The molecule has 1 aliphatic heterocycles. The highest BCUT2D eigenvalue weighted by Gasteiger charge is 2.47. The summed E-state index contributed by atoms with van der Waals surface area (Å²) >= 11 is 0. The SMILES string of the molecule is O=C(O)N1CCC(=O)C2(CCC2)C1. The van der Waals surface area contributed by atoms with Crippen LogP contribution in [0.15, 0.2) is 0 Å². The van der Waals surface area contributed by atoms with Gasteiger partial charge >= 0.3 is 6.09 Å². The quantitative estimate of drug-likeness (QED) is 0.612. The zero-order valence-electron chi connectivity index (χ0n) is 7.45. The maximum absolute atomic E-state index is 11.5. The van der Waals surface area contributed by atoms with E-state index in [1.54, 1.807) is 0 Å². The highest BCUT2D eigenvalue weighted by Crippen LogP contribution is 2.45. The van der Waals surface area contributed by atoms with Crippen LogP contribution in [0, 0.1) is 5.41 Å². The van der Waals surface area contributed by atoms with Crippen molar-refractivity contribution < 1.29 is 14.7 Å². The Balaban J connectivity index is 2.10. The van der Waals surface area contributed by atoms with Crippen molar-refractivity contribution in [3.05, 3.63) is 0 Å². The van der Waals surface area contributed by atoms with Crippen molar-refractivity contribution >= 4 is 11.9 Å². The predicted molar refractivity (Wildman–Crippen MR) is 45.5 cm³/mol. The third kappa shape index (κ3) is 1.20. The Bertz CT molecular complexity index is 258. The second-order valence-electron chi connectivity index (χ2n) is 4.01. The standard InChI is InChI=1S/C9H13NO3/c11-7-2-5-10(8(12)13)6-9(7)3-1-4-9/h1-6H2,(H,12,13). The first-order valence-electron chi connectivity index (χ1n) is 4.65. The van der Waals surface area contributed by atoms with Gasteiger partial charge in [-0.1, -0.05) is 6.42 Å². The number of hydrogen-bond acceptors (Lipinski definition) is 2. The topological polar surface area (TPSA) is 57.6 Å². The molecular formula is C9H13NO3. The zero-order valence-corrected chi connectivity index (χ0v) is 7.45. The Morgan fingerprint density at radius 2 is 2.15 bits per heavy atom. The molecule has 1 heterocycles. The number of amides is 1. The number of carbonyl (C=O) groups excluding carboxylic acids is 1. The van der Waals surface area contributed by atoms with Gasteiger partial charge in [0.1, 0.15) is 5.78 Å². The highest BCUT2D eigenvalue weighted by atomic mass is 16.4. The molecule has 2 fully saturated rings. The fraction of sp³-hybridized carbons (Fsp3) is 0.778. The van der Waals surface area contributed by atoms with Crippen LogP contribution in [0.25, 0.3) is 0 Å². The van der Waals surface area contributed by atoms with E-state index in [1.807, 2.05) is 0 Å². The number of nitrogens with zero attached hydrogens (tertiary/aromatic N) is 1. The van der Waals surface area contributed by atoms with Crippen LogP contribution in [0.5, 0.6) is 0 Å². The minimum Gasteiger partial charge on any atom is -0.465 e. The number of piperidine rings is 1. The first-order chi connectivity index (χ1) is 6.14. The second kappa shape index (κ2) is 2.72. The molecular weight excluding hydrogens is 170 g/mol. The van der Waals surface area contributed by atoms with Crippen LogP contribution in [0.4, 0.5) is 4.79 Å². The van der Waals surface area contributed by atoms with Crippen molar-refractivity contribution in [3.63, 3.8) is 0 Å². The molecule has 1 spiro atoms. The molecule has 4 heteroatoms. The number of ketones is 1. The molecule has 13 heavy (non-hydrogen) atoms. The Morgan fingerprint density at radius 1 is 1.46 bits per heavy atom. The van der Waals surface area contributed by atoms with Gasteiger partial charge in [-0.05, 0) is 12.8 Å². The highest BCUT2D eigenvalue weighted by molar-refractivity contribution is 5.88. The summed E-state index contributed by atoms with van der Waals surface area (Å²) in [5.74, 6) is 0.274. The van der Waals surface area contributed by atoms with Gasteiger partial charge in [0.2, 0.25) is 0 Å². The molecule has 1 amide bonds. The van der Waals surface area contributed by atoms with Crippen LogP contribution >= 0.6 is 0 Å². The van der Waals surface area contributed by atoms with Crippen LogP contribution in [-0.2, 0) is 4.79 Å². The normalized spacial score (nSPS) is 25.8. The molecule has 0 atom stereocenters. The molecule has 0 aromatic carbocycles. The lowest BCUT2D eigenvalue weighted by molar-refractivity contribution is -0.138. The maximum atomic E-state index is 11.5. The third-order valence-corrected chi connectivity index (χ3v) is 3.27. The Hall–Kier alpha value is -1.06. The molecule has 0 aromatic heterocycles. The molecule has 1 aliphatic carbocycles. The Kier molecular flexibility index (Phi) is 1.78. The molecule has 0 unspecified atom stereocenters. The van der Waals surface area contributed by atoms with E-state index in [4.69, 9.17) is 5.11 Å². The van der Waals surface area contributed by atoms with E-state index in [0.717, 1.165) is 19.3 Å². The van der Waals surface area contributed by atoms with E-state index < -0.39 is 6.09 Å². The van der Waals surface area contributed by atoms with Crippen molar-refractivity contribution in [1.29, 1.82) is 0 Å². The van der Waals surface area contributed by atoms with Gasteiger partial charge in [-0.25, -0.2) is 4.79 Å². The van der Waals surface area contributed by atoms with Crippen molar-refractivity contribution in [2.75, 3.05) is 13.1 Å². The first-order valence-corrected chi connectivity index (χ1v) is 4.65. The lowest BCUT2D eigenvalue weighted by atomic mass is 9.63. The molecule has 0 aromatic rings. The summed E-state index contributed by atoms with van der Waals surface area (Å²) in [5.41, 5.74) is -0.281. The Morgan fingerprint density at radius 3 is 2.62 bits per heavy atom.